The van der Waals surface area contributed by atoms with E-state index in [1.807, 2.05) is 133 Å². The molecule has 2 aromatic heterocycles. The lowest BCUT2D eigenvalue weighted by Gasteiger charge is -2.17. The number of aromatic hydroxyl groups is 1. The number of aromatic nitrogens is 6. The van der Waals surface area contributed by atoms with Gasteiger partial charge in [-0.3, -0.25) is 0 Å². The molecule has 0 saturated heterocycles. The normalized spacial score (nSPS) is 11.6. The molecule has 9 heteroatoms. The maximum absolute atomic E-state index is 12.0. The molecule has 0 bridgehead atoms. The van der Waals surface area contributed by atoms with Crippen LogP contribution in [0.15, 0.2) is 127 Å². The summed E-state index contributed by atoms with van der Waals surface area (Å²) in [5, 5.41) is 30.5. The lowest BCUT2D eigenvalue weighted by Crippen LogP contribution is -2.10. The van der Waals surface area contributed by atoms with Gasteiger partial charge in [-0.15, -0.1) is 30.0 Å². The topological polar surface area (TPSA) is 100 Å². The molecule has 0 amide bonds. The Bertz CT molecular complexity index is 1920. The van der Waals surface area contributed by atoms with E-state index in [0.717, 1.165) is 11.1 Å². The maximum atomic E-state index is 12.0. The predicted molar refractivity (Wildman–Crippen MR) is 175 cm³/mol. The van der Waals surface area contributed by atoms with Gasteiger partial charge >= 0.3 is 0 Å². The molecule has 0 spiro atoms. The zero-order valence-corrected chi connectivity index (χ0v) is 24.1. The van der Waals surface area contributed by atoms with E-state index in [-0.39, 0.29) is 30.3 Å². The van der Waals surface area contributed by atoms with Crippen molar-refractivity contribution in [3.63, 3.8) is 0 Å². The molecule has 45 heavy (non-hydrogen) atoms. The van der Waals surface area contributed by atoms with E-state index in [9.17, 15) is 5.11 Å². The van der Waals surface area contributed by atoms with Crippen LogP contribution in [0.2, 0.25) is 0 Å². The third-order valence-corrected chi connectivity index (χ3v) is 7.04. The van der Waals surface area contributed by atoms with Gasteiger partial charge in [0.15, 0.2) is 28.6 Å². The second kappa shape index (κ2) is 12.6. The summed E-state index contributed by atoms with van der Waals surface area (Å²) in [6, 6.07) is 36.6. The standard InChI is InChI=1S/C36H28N6O3/c43-36-34(41-37-28-19-7-8-20-29(28)38-41)32(44-23-11-17-26-13-3-1-4-14-26)25-33(45-24-12-18-27-15-5-2-6-16-27)35(36)42-39-30-21-9-10-22-31(30)40-42/h1-22,25,43H,23-24H2/b17-11+,18-12+. The average molecular weight is 593 g/mol. The molecule has 5 aromatic carbocycles. The van der Waals surface area contributed by atoms with Crippen LogP contribution in [-0.2, 0) is 0 Å². The van der Waals surface area contributed by atoms with Gasteiger partial charge in [-0.2, -0.15) is 0 Å². The Hall–Kier alpha value is -6.22. The first kappa shape index (κ1) is 27.6. The zero-order chi connectivity index (χ0) is 30.4. The molecule has 2 heterocycles. The van der Waals surface area contributed by atoms with Crippen LogP contribution in [0, 0.1) is 0 Å². The van der Waals surface area contributed by atoms with Gasteiger partial charge in [-0.05, 0) is 47.5 Å². The predicted octanol–water partition coefficient (Wildman–Crippen LogP) is 7.04. The summed E-state index contributed by atoms with van der Waals surface area (Å²) in [5.74, 6) is 0.461. The summed E-state index contributed by atoms with van der Waals surface area (Å²) < 4.78 is 12.5. The van der Waals surface area contributed by atoms with Crippen molar-refractivity contribution in [1.82, 2.24) is 30.0 Å². The molecule has 0 unspecified atom stereocenters. The van der Waals surface area contributed by atoms with Gasteiger partial charge in [0.1, 0.15) is 35.3 Å². The first-order chi connectivity index (χ1) is 22.2. The van der Waals surface area contributed by atoms with E-state index in [4.69, 9.17) is 9.47 Å². The number of phenolic OH excluding ortho intramolecular Hbond substituents is 1. The van der Waals surface area contributed by atoms with Gasteiger partial charge in [-0.1, -0.05) is 97.1 Å². The van der Waals surface area contributed by atoms with Crippen LogP contribution >= 0.6 is 0 Å². The molecule has 0 saturated carbocycles. The van der Waals surface area contributed by atoms with Crippen molar-refractivity contribution in [1.29, 1.82) is 0 Å². The van der Waals surface area contributed by atoms with E-state index in [1.54, 1.807) is 6.07 Å². The van der Waals surface area contributed by atoms with Crippen molar-refractivity contribution in [2.45, 2.75) is 0 Å². The van der Waals surface area contributed by atoms with Crippen LogP contribution in [0.1, 0.15) is 11.1 Å². The molecule has 7 rings (SSSR count). The Kier molecular flexibility index (Phi) is 7.71. The molecule has 0 radical (unpaired) electrons. The minimum atomic E-state index is -0.192. The highest BCUT2D eigenvalue weighted by atomic mass is 16.5. The fraction of sp³-hybridized carbons (Fsp3) is 0.0556. The molecular weight excluding hydrogens is 564 g/mol. The molecule has 7 aromatic rings. The summed E-state index contributed by atoms with van der Waals surface area (Å²) in [6.45, 7) is 0.442. The highest BCUT2D eigenvalue weighted by Crippen LogP contribution is 2.43. The van der Waals surface area contributed by atoms with Crippen LogP contribution < -0.4 is 9.47 Å². The minimum Gasteiger partial charge on any atom is -0.504 e. The van der Waals surface area contributed by atoms with Gasteiger partial charge in [0.2, 0.25) is 0 Å². The van der Waals surface area contributed by atoms with Gasteiger partial charge in [0.05, 0.1) is 0 Å². The monoisotopic (exact) mass is 592 g/mol. The van der Waals surface area contributed by atoms with Gasteiger partial charge < -0.3 is 14.6 Å². The number of ether oxygens (including phenoxy) is 2. The molecule has 0 fully saturated rings. The number of fused-ring (bicyclic) bond motifs is 2. The molecule has 1 N–H and O–H groups in total. The Morgan fingerprint density at radius 1 is 0.511 bits per heavy atom. The van der Waals surface area contributed by atoms with Crippen LogP contribution in [0.25, 0.3) is 45.6 Å². The number of rotatable bonds is 10. The van der Waals surface area contributed by atoms with Gasteiger partial charge in [0.25, 0.3) is 0 Å². The summed E-state index contributed by atoms with van der Waals surface area (Å²) in [5.41, 5.74) is 5.25. The average Bonchev–Trinajstić information content (AvgIpc) is 3.70. The first-order valence-electron chi connectivity index (χ1n) is 14.5. The van der Waals surface area contributed by atoms with E-state index in [2.05, 4.69) is 20.4 Å². The van der Waals surface area contributed by atoms with Crippen molar-refractivity contribution >= 4 is 34.2 Å². The molecule has 0 aliphatic carbocycles. The van der Waals surface area contributed by atoms with E-state index in [0.29, 0.717) is 33.6 Å². The van der Waals surface area contributed by atoms with Gasteiger partial charge in [0, 0.05) is 6.07 Å². The number of benzene rings is 5. The van der Waals surface area contributed by atoms with Crippen molar-refractivity contribution in [3.05, 3.63) is 139 Å². The highest BCUT2D eigenvalue weighted by Gasteiger charge is 2.26. The number of nitrogens with zero attached hydrogens (tertiary/aromatic N) is 6. The number of hydrogen-bond donors (Lipinski definition) is 1. The van der Waals surface area contributed by atoms with E-state index in [1.165, 1.54) is 9.59 Å². The molecule has 0 aliphatic heterocycles. The second-order valence-corrected chi connectivity index (χ2v) is 10.1. The van der Waals surface area contributed by atoms with E-state index < -0.39 is 0 Å². The van der Waals surface area contributed by atoms with Crippen molar-refractivity contribution in [2.24, 2.45) is 0 Å². The summed E-state index contributed by atoms with van der Waals surface area (Å²) in [7, 11) is 0. The number of phenols is 1. The Labute approximate surface area is 258 Å². The second-order valence-electron chi connectivity index (χ2n) is 10.1. The Morgan fingerprint density at radius 3 is 1.24 bits per heavy atom. The lowest BCUT2D eigenvalue weighted by molar-refractivity contribution is 0.334. The van der Waals surface area contributed by atoms with Crippen LogP contribution in [0.3, 0.4) is 0 Å². The van der Waals surface area contributed by atoms with Crippen LogP contribution in [-0.4, -0.2) is 48.3 Å². The molecule has 0 aliphatic rings. The van der Waals surface area contributed by atoms with Crippen LogP contribution in [0.4, 0.5) is 0 Å². The first-order valence-corrected chi connectivity index (χ1v) is 14.5. The zero-order valence-electron chi connectivity index (χ0n) is 24.1. The molecule has 220 valence electrons. The number of hydrogen-bond acceptors (Lipinski definition) is 7. The van der Waals surface area contributed by atoms with Crippen molar-refractivity contribution < 1.29 is 14.6 Å². The molecular formula is C36H28N6O3. The minimum absolute atomic E-state index is 0.192. The third kappa shape index (κ3) is 6.00. The highest BCUT2D eigenvalue weighted by molar-refractivity contribution is 5.77. The summed E-state index contributed by atoms with van der Waals surface area (Å²) in [6.07, 6.45) is 7.75. The maximum Gasteiger partial charge on any atom is 0.178 e. The van der Waals surface area contributed by atoms with Gasteiger partial charge in [-0.25, -0.2) is 0 Å². The van der Waals surface area contributed by atoms with Crippen molar-refractivity contribution in [3.8, 4) is 28.6 Å². The Balaban J connectivity index is 1.32. The third-order valence-electron chi connectivity index (χ3n) is 7.04. The smallest absolute Gasteiger partial charge is 0.178 e. The SMILES string of the molecule is Oc1c(-n2nc3ccccc3n2)c(OC/C=C/c2ccccc2)cc(OC/C=C/c2ccccc2)c1-n1nc2ccccc2n1. The van der Waals surface area contributed by atoms with Crippen molar-refractivity contribution in [2.75, 3.05) is 13.2 Å². The van der Waals surface area contributed by atoms with Crippen LogP contribution in [0.5, 0.6) is 17.2 Å². The summed E-state index contributed by atoms with van der Waals surface area (Å²) >= 11 is 0. The quantitative estimate of drug-likeness (QED) is 0.182. The Morgan fingerprint density at radius 2 is 0.867 bits per heavy atom. The summed E-state index contributed by atoms with van der Waals surface area (Å²) in [4.78, 5) is 2.75. The van der Waals surface area contributed by atoms with E-state index >= 15 is 0 Å². The fourth-order valence-electron chi connectivity index (χ4n) is 4.90. The lowest BCUT2D eigenvalue weighted by atomic mass is 10.2. The molecule has 9 nitrogen and oxygen atoms in total. The largest absolute Gasteiger partial charge is 0.504 e. The fourth-order valence-corrected chi connectivity index (χ4v) is 4.90. The molecule has 0 atom stereocenters.